The number of aromatic nitrogens is 2. The fourth-order valence-electron chi connectivity index (χ4n) is 3.04. The summed E-state index contributed by atoms with van der Waals surface area (Å²) in [5, 5.41) is 7.74. The van der Waals surface area contributed by atoms with Crippen LogP contribution in [0.3, 0.4) is 0 Å². The Bertz CT molecular complexity index is 474. The Labute approximate surface area is 121 Å². The standard InChI is InChI=1S/C15H26N4O/c1-5-10-19(13-6-8-16-9-7-13)15(20)14-11(2)17-18(4)12(14)3/h13,16H,5-10H2,1-4H3. The quantitative estimate of drug-likeness (QED) is 0.911. The van der Waals surface area contributed by atoms with Gasteiger partial charge in [0, 0.05) is 25.3 Å². The van der Waals surface area contributed by atoms with Gasteiger partial charge in [0.25, 0.3) is 5.91 Å². The predicted molar refractivity (Wildman–Crippen MR) is 79.9 cm³/mol. The Hall–Kier alpha value is -1.36. The van der Waals surface area contributed by atoms with E-state index in [1.807, 2.05) is 20.9 Å². The molecule has 1 aromatic heterocycles. The van der Waals surface area contributed by atoms with Crippen molar-refractivity contribution in [2.24, 2.45) is 7.05 Å². The average Bonchev–Trinajstić information content (AvgIpc) is 2.70. The first kappa shape index (κ1) is 15.0. The first-order chi connectivity index (χ1) is 9.56. The van der Waals surface area contributed by atoms with Crippen molar-refractivity contribution in [3.05, 3.63) is 17.0 Å². The minimum atomic E-state index is 0.154. The van der Waals surface area contributed by atoms with Crippen molar-refractivity contribution in [2.45, 2.75) is 46.1 Å². The highest BCUT2D eigenvalue weighted by atomic mass is 16.2. The molecule has 1 fully saturated rings. The van der Waals surface area contributed by atoms with E-state index in [1.165, 1.54) is 0 Å². The van der Waals surface area contributed by atoms with Crippen LogP contribution in [0.1, 0.15) is 47.9 Å². The van der Waals surface area contributed by atoms with E-state index in [2.05, 4.69) is 22.2 Å². The predicted octanol–water partition coefficient (Wildman–Crippen LogP) is 1.64. The number of nitrogens with zero attached hydrogens (tertiary/aromatic N) is 3. The van der Waals surface area contributed by atoms with Gasteiger partial charge in [-0.25, -0.2) is 0 Å². The second kappa shape index (κ2) is 6.39. The third-order valence-corrected chi connectivity index (χ3v) is 4.20. The fraction of sp³-hybridized carbons (Fsp3) is 0.733. The van der Waals surface area contributed by atoms with Gasteiger partial charge in [-0.1, -0.05) is 6.92 Å². The maximum absolute atomic E-state index is 12.9. The van der Waals surface area contributed by atoms with E-state index in [0.717, 1.165) is 55.8 Å². The lowest BCUT2D eigenvalue weighted by Crippen LogP contribution is -2.46. The molecule has 0 atom stereocenters. The van der Waals surface area contributed by atoms with Crippen molar-refractivity contribution in [3.8, 4) is 0 Å². The first-order valence-corrected chi connectivity index (χ1v) is 7.58. The Balaban J connectivity index is 2.26. The van der Waals surface area contributed by atoms with Gasteiger partial charge in [-0.3, -0.25) is 9.48 Å². The van der Waals surface area contributed by atoms with Crippen molar-refractivity contribution in [2.75, 3.05) is 19.6 Å². The third-order valence-electron chi connectivity index (χ3n) is 4.20. The highest BCUT2D eigenvalue weighted by molar-refractivity contribution is 5.96. The molecule has 1 aliphatic rings. The Morgan fingerprint density at radius 1 is 1.40 bits per heavy atom. The van der Waals surface area contributed by atoms with Crippen molar-refractivity contribution in [1.29, 1.82) is 0 Å². The zero-order valence-corrected chi connectivity index (χ0v) is 13.1. The van der Waals surface area contributed by atoms with Crippen molar-refractivity contribution < 1.29 is 4.79 Å². The topological polar surface area (TPSA) is 50.2 Å². The monoisotopic (exact) mass is 278 g/mol. The molecule has 0 aromatic carbocycles. The molecule has 5 heteroatoms. The van der Waals surface area contributed by atoms with Crippen LogP contribution in [0.15, 0.2) is 0 Å². The number of rotatable bonds is 4. The van der Waals surface area contributed by atoms with E-state index in [9.17, 15) is 4.79 Å². The molecule has 1 aromatic rings. The third kappa shape index (κ3) is 2.87. The highest BCUT2D eigenvalue weighted by Gasteiger charge is 2.28. The molecule has 5 nitrogen and oxygen atoms in total. The molecule has 2 rings (SSSR count). The van der Waals surface area contributed by atoms with Gasteiger partial charge in [-0.05, 0) is 46.2 Å². The average molecular weight is 278 g/mol. The van der Waals surface area contributed by atoms with E-state index < -0.39 is 0 Å². The lowest BCUT2D eigenvalue weighted by Gasteiger charge is -2.34. The van der Waals surface area contributed by atoms with Gasteiger partial charge >= 0.3 is 0 Å². The molecule has 0 saturated carbocycles. The summed E-state index contributed by atoms with van der Waals surface area (Å²) < 4.78 is 1.80. The highest BCUT2D eigenvalue weighted by Crippen LogP contribution is 2.20. The second-order valence-electron chi connectivity index (χ2n) is 5.65. The number of hydrogen-bond donors (Lipinski definition) is 1. The molecular weight excluding hydrogens is 252 g/mol. The molecule has 1 saturated heterocycles. The summed E-state index contributed by atoms with van der Waals surface area (Å²) in [7, 11) is 1.90. The molecule has 1 amide bonds. The summed E-state index contributed by atoms with van der Waals surface area (Å²) in [5.41, 5.74) is 2.59. The van der Waals surface area contributed by atoms with Crippen molar-refractivity contribution in [3.63, 3.8) is 0 Å². The van der Waals surface area contributed by atoms with Crippen molar-refractivity contribution >= 4 is 5.91 Å². The number of nitrogens with one attached hydrogen (secondary N) is 1. The smallest absolute Gasteiger partial charge is 0.257 e. The summed E-state index contributed by atoms with van der Waals surface area (Å²) in [6.07, 6.45) is 3.09. The van der Waals surface area contributed by atoms with E-state index in [1.54, 1.807) is 4.68 Å². The molecule has 112 valence electrons. The zero-order chi connectivity index (χ0) is 14.7. The summed E-state index contributed by atoms with van der Waals surface area (Å²) in [6.45, 7) is 8.86. The lowest BCUT2D eigenvalue weighted by molar-refractivity contribution is 0.0641. The minimum Gasteiger partial charge on any atom is -0.335 e. The Kier molecular flexibility index (Phi) is 4.81. The number of amides is 1. The lowest BCUT2D eigenvalue weighted by atomic mass is 10.0. The molecule has 1 N–H and O–H groups in total. The van der Waals surface area contributed by atoms with Gasteiger partial charge in [0.2, 0.25) is 0 Å². The maximum Gasteiger partial charge on any atom is 0.257 e. The van der Waals surface area contributed by atoms with E-state index >= 15 is 0 Å². The van der Waals surface area contributed by atoms with Gasteiger partial charge in [-0.15, -0.1) is 0 Å². The SMILES string of the molecule is CCCN(C(=O)c1c(C)nn(C)c1C)C1CCNCC1. The van der Waals surface area contributed by atoms with Crippen LogP contribution in [0.25, 0.3) is 0 Å². The number of carbonyl (C=O) groups excluding carboxylic acids is 1. The molecule has 1 aliphatic heterocycles. The van der Waals surface area contributed by atoms with Crippen LogP contribution in [-0.2, 0) is 7.05 Å². The molecule has 20 heavy (non-hydrogen) atoms. The van der Waals surface area contributed by atoms with E-state index in [4.69, 9.17) is 0 Å². The molecule has 0 aliphatic carbocycles. The number of carbonyl (C=O) groups is 1. The normalized spacial score (nSPS) is 16.4. The molecule has 0 bridgehead atoms. The second-order valence-corrected chi connectivity index (χ2v) is 5.65. The van der Waals surface area contributed by atoms with Crippen LogP contribution in [0.2, 0.25) is 0 Å². The van der Waals surface area contributed by atoms with Crippen LogP contribution in [0.5, 0.6) is 0 Å². The van der Waals surface area contributed by atoms with Crippen LogP contribution in [0.4, 0.5) is 0 Å². The number of piperidine rings is 1. The van der Waals surface area contributed by atoms with Crippen LogP contribution < -0.4 is 5.32 Å². The minimum absolute atomic E-state index is 0.154. The van der Waals surface area contributed by atoms with Gasteiger partial charge < -0.3 is 10.2 Å². The molecule has 0 unspecified atom stereocenters. The Morgan fingerprint density at radius 3 is 2.55 bits per heavy atom. The van der Waals surface area contributed by atoms with Gasteiger partial charge in [0.05, 0.1) is 11.3 Å². The number of aryl methyl sites for hydroxylation is 2. The van der Waals surface area contributed by atoms with Crippen LogP contribution >= 0.6 is 0 Å². The molecule has 0 radical (unpaired) electrons. The number of hydrogen-bond acceptors (Lipinski definition) is 3. The van der Waals surface area contributed by atoms with E-state index in [0.29, 0.717) is 6.04 Å². The molecule has 2 heterocycles. The van der Waals surface area contributed by atoms with Crippen molar-refractivity contribution in [1.82, 2.24) is 20.0 Å². The Morgan fingerprint density at radius 2 is 2.05 bits per heavy atom. The van der Waals surface area contributed by atoms with Crippen LogP contribution in [0, 0.1) is 13.8 Å². The van der Waals surface area contributed by atoms with E-state index in [-0.39, 0.29) is 5.91 Å². The maximum atomic E-state index is 12.9. The summed E-state index contributed by atoms with van der Waals surface area (Å²) in [5.74, 6) is 0.154. The summed E-state index contributed by atoms with van der Waals surface area (Å²) in [4.78, 5) is 15.0. The molecular formula is C15H26N4O. The van der Waals surface area contributed by atoms with Gasteiger partial charge in [-0.2, -0.15) is 5.10 Å². The molecule has 0 spiro atoms. The van der Waals surface area contributed by atoms with Crippen LogP contribution in [-0.4, -0.2) is 46.3 Å². The first-order valence-electron chi connectivity index (χ1n) is 7.58. The summed E-state index contributed by atoms with van der Waals surface area (Å²) in [6, 6.07) is 0.364. The zero-order valence-electron chi connectivity index (χ0n) is 13.1. The van der Waals surface area contributed by atoms with Gasteiger partial charge in [0.1, 0.15) is 0 Å². The largest absolute Gasteiger partial charge is 0.335 e. The fourth-order valence-corrected chi connectivity index (χ4v) is 3.04. The summed E-state index contributed by atoms with van der Waals surface area (Å²) >= 11 is 0. The van der Waals surface area contributed by atoms with Gasteiger partial charge in [0.15, 0.2) is 0 Å².